The molecule has 4 heteroatoms. The Kier molecular flexibility index (Phi) is 5.16. The molecule has 2 aromatic rings. The molecule has 1 heterocycles. The molecule has 1 amide bonds. The molecule has 1 fully saturated rings. The maximum absolute atomic E-state index is 13.1. The number of amides is 1. The van der Waals surface area contributed by atoms with Crippen LogP contribution in [0.15, 0.2) is 54.6 Å². The summed E-state index contributed by atoms with van der Waals surface area (Å²) in [5, 5.41) is 3.07. The van der Waals surface area contributed by atoms with Crippen molar-refractivity contribution in [2.45, 2.75) is 25.2 Å². The summed E-state index contributed by atoms with van der Waals surface area (Å²) >= 11 is 0. The molecule has 1 saturated heterocycles. The second-order valence-electron chi connectivity index (χ2n) is 5.97. The summed E-state index contributed by atoms with van der Waals surface area (Å²) in [5.41, 5.74) is 1.31. The van der Waals surface area contributed by atoms with Gasteiger partial charge in [0.15, 0.2) is 0 Å². The predicted octanol–water partition coefficient (Wildman–Crippen LogP) is 3.77. The summed E-state index contributed by atoms with van der Waals surface area (Å²) in [5.74, 6) is 0.834. The highest BCUT2D eigenvalue weighted by Gasteiger charge is 2.41. The predicted molar refractivity (Wildman–Crippen MR) is 94.4 cm³/mol. The molecule has 126 valence electrons. The van der Waals surface area contributed by atoms with Crippen LogP contribution in [0.25, 0.3) is 0 Å². The number of benzene rings is 2. The number of anilines is 1. The van der Waals surface area contributed by atoms with E-state index in [0.717, 1.165) is 17.0 Å². The number of hydrogen-bond acceptors (Lipinski definition) is 3. The number of rotatable bonds is 5. The van der Waals surface area contributed by atoms with E-state index in [1.54, 1.807) is 0 Å². The Morgan fingerprint density at radius 2 is 1.75 bits per heavy atom. The zero-order chi connectivity index (χ0) is 16.8. The number of carbonyl (C=O) groups is 1. The quantitative estimate of drug-likeness (QED) is 0.910. The molecule has 2 aromatic carbocycles. The maximum Gasteiger partial charge on any atom is 0.235 e. The molecule has 0 aliphatic carbocycles. The average molecular weight is 325 g/mol. The van der Waals surface area contributed by atoms with E-state index < -0.39 is 5.41 Å². The van der Waals surface area contributed by atoms with E-state index in [-0.39, 0.29) is 5.91 Å². The summed E-state index contributed by atoms with van der Waals surface area (Å²) in [4.78, 5) is 13.1. The van der Waals surface area contributed by atoms with E-state index in [9.17, 15) is 4.79 Å². The summed E-state index contributed by atoms with van der Waals surface area (Å²) in [6.45, 7) is 3.78. The van der Waals surface area contributed by atoms with Crippen molar-refractivity contribution in [3.05, 3.63) is 60.2 Å². The highest BCUT2D eigenvalue weighted by Crippen LogP contribution is 2.36. The van der Waals surface area contributed by atoms with E-state index >= 15 is 0 Å². The van der Waals surface area contributed by atoms with Crippen molar-refractivity contribution in [1.29, 1.82) is 0 Å². The number of nitrogens with one attached hydrogen (secondary N) is 1. The third kappa shape index (κ3) is 3.44. The number of carbonyl (C=O) groups excluding carboxylic acids is 1. The minimum Gasteiger partial charge on any atom is -0.494 e. The molecule has 1 aliphatic rings. The van der Waals surface area contributed by atoms with Crippen LogP contribution in [-0.2, 0) is 14.9 Å². The van der Waals surface area contributed by atoms with E-state index in [4.69, 9.17) is 9.47 Å². The Balaban J connectivity index is 1.81. The van der Waals surface area contributed by atoms with Gasteiger partial charge in [-0.1, -0.05) is 30.3 Å². The third-order valence-corrected chi connectivity index (χ3v) is 4.53. The first-order valence-electron chi connectivity index (χ1n) is 8.42. The van der Waals surface area contributed by atoms with Gasteiger partial charge in [0.05, 0.1) is 12.0 Å². The lowest BCUT2D eigenvalue weighted by Crippen LogP contribution is -2.44. The van der Waals surface area contributed by atoms with Crippen molar-refractivity contribution < 1.29 is 14.3 Å². The first kappa shape index (κ1) is 16.5. The van der Waals surface area contributed by atoms with Gasteiger partial charge in [-0.05, 0) is 49.6 Å². The lowest BCUT2D eigenvalue weighted by Gasteiger charge is -2.36. The van der Waals surface area contributed by atoms with Gasteiger partial charge in [0, 0.05) is 18.9 Å². The van der Waals surface area contributed by atoms with Crippen molar-refractivity contribution in [3.63, 3.8) is 0 Å². The highest BCUT2D eigenvalue weighted by atomic mass is 16.5. The van der Waals surface area contributed by atoms with E-state index in [1.165, 1.54) is 0 Å². The monoisotopic (exact) mass is 325 g/mol. The average Bonchev–Trinajstić information content (AvgIpc) is 2.65. The van der Waals surface area contributed by atoms with Gasteiger partial charge < -0.3 is 14.8 Å². The molecule has 0 radical (unpaired) electrons. The highest BCUT2D eigenvalue weighted by molar-refractivity contribution is 5.99. The van der Waals surface area contributed by atoms with Crippen LogP contribution in [0, 0.1) is 0 Å². The van der Waals surface area contributed by atoms with Gasteiger partial charge in [-0.25, -0.2) is 0 Å². The summed E-state index contributed by atoms with van der Waals surface area (Å²) < 4.78 is 10.9. The topological polar surface area (TPSA) is 47.6 Å². The van der Waals surface area contributed by atoms with E-state index in [1.807, 2.05) is 61.5 Å². The van der Waals surface area contributed by atoms with Crippen molar-refractivity contribution >= 4 is 11.6 Å². The van der Waals surface area contributed by atoms with Crippen LogP contribution in [0.3, 0.4) is 0 Å². The Labute approximate surface area is 142 Å². The molecule has 4 nitrogen and oxygen atoms in total. The van der Waals surface area contributed by atoms with Crippen LogP contribution < -0.4 is 10.1 Å². The smallest absolute Gasteiger partial charge is 0.235 e. The lowest BCUT2D eigenvalue weighted by molar-refractivity contribution is -0.125. The SMILES string of the molecule is CCOc1ccc(NC(=O)C2(c3ccccc3)CCOCC2)cc1. The van der Waals surface area contributed by atoms with Gasteiger partial charge in [-0.15, -0.1) is 0 Å². The fourth-order valence-electron chi connectivity index (χ4n) is 3.18. The largest absolute Gasteiger partial charge is 0.494 e. The van der Waals surface area contributed by atoms with Gasteiger partial charge in [0.1, 0.15) is 5.75 Å². The molecular formula is C20H23NO3. The van der Waals surface area contributed by atoms with Gasteiger partial charge in [0.2, 0.25) is 5.91 Å². The minimum absolute atomic E-state index is 0.0289. The molecule has 0 atom stereocenters. The Morgan fingerprint density at radius 1 is 1.08 bits per heavy atom. The van der Waals surface area contributed by atoms with Gasteiger partial charge in [-0.2, -0.15) is 0 Å². The number of hydrogen-bond donors (Lipinski definition) is 1. The van der Waals surface area contributed by atoms with Crippen molar-refractivity contribution in [3.8, 4) is 5.75 Å². The van der Waals surface area contributed by atoms with Crippen molar-refractivity contribution in [1.82, 2.24) is 0 Å². The zero-order valence-corrected chi connectivity index (χ0v) is 14.0. The van der Waals surface area contributed by atoms with Crippen LogP contribution in [0.4, 0.5) is 5.69 Å². The second kappa shape index (κ2) is 7.49. The molecule has 3 rings (SSSR count). The van der Waals surface area contributed by atoms with Crippen LogP contribution >= 0.6 is 0 Å². The summed E-state index contributed by atoms with van der Waals surface area (Å²) in [6.07, 6.45) is 1.39. The molecule has 0 aromatic heterocycles. The lowest BCUT2D eigenvalue weighted by atomic mass is 9.73. The normalized spacial score (nSPS) is 16.4. The van der Waals surface area contributed by atoms with Crippen LogP contribution in [0.1, 0.15) is 25.3 Å². The molecule has 0 bridgehead atoms. The van der Waals surface area contributed by atoms with Gasteiger partial charge in [0.25, 0.3) is 0 Å². The molecule has 0 unspecified atom stereocenters. The first-order chi connectivity index (χ1) is 11.7. The first-order valence-corrected chi connectivity index (χ1v) is 8.42. The van der Waals surface area contributed by atoms with E-state index in [2.05, 4.69) is 5.32 Å². The molecule has 0 saturated carbocycles. The van der Waals surface area contributed by atoms with E-state index in [0.29, 0.717) is 32.7 Å². The van der Waals surface area contributed by atoms with Gasteiger partial charge in [-0.3, -0.25) is 4.79 Å². The molecule has 0 spiro atoms. The maximum atomic E-state index is 13.1. The molecule has 1 N–H and O–H groups in total. The third-order valence-electron chi connectivity index (χ3n) is 4.53. The summed E-state index contributed by atoms with van der Waals surface area (Å²) in [7, 11) is 0. The van der Waals surface area contributed by atoms with Crippen molar-refractivity contribution in [2.24, 2.45) is 0 Å². The van der Waals surface area contributed by atoms with Crippen LogP contribution in [0.2, 0.25) is 0 Å². The fourth-order valence-corrected chi connectivity index (χ4v) is 3.18. The minimum atomic E-state index is -0.530. The zero-order valence-electron chi connectivity index (χ0n) is 14.0. The summed E-state index contributed by atoms with van der Waals surface area (Å²) in [6, 6.07) is 17.5. The van der Waals surface area contributed by atoms with Crippen LogP contribution in [0.5, 0.6) is 5.75 Å². The van der Waals surface area contributed by atoms with Crippen molar-refractivity contribution in [2.75, 3.05) is 25.1 Å². The number of ether oxygens (including phenoxy) is 2. The molecule has 1 aliphatic heterocycles. The van der Waals surface area contributed by atoms with Crippen LogP contribution in [-0.4, -0.2) is 25.7 Å². The molecule has 24 heavy (non-hydrogen) atoms. The Morgan fingerprint density at radius 3 is 2.38 bits per heavy atom. The Hall–Kier alpha value is -2.33. The molecular weight excluding hydrogens is 302 g/mol. The standard InChI is InChI=1S/C20H23NO3/c1-2-24-18-10-8-17(9-11-18)21-19(22)20(12-14-23-15-13-20)16-6-4-3-5-7-16/h3-11H,2,12-15H2,1H3,(H,21,22). The fraction of sp³-hybridized carbons (Fsp3) is 0.350. The van der Waals surface area contributed by atoms with Gasteiger partial charge >= 0.3 is 0 Å². The second-order valence-corrected chi connectivity index (χ2v) is 5.97. The Bertz CT molecular complexity index is 661.